The van der Waals surface area contributed by atoms with E-state index in [1.807, 2.05) is 42.5 Å². The first-order chi connectivity index (χ1) is 14.3. The van der Waals surface area contributed by atoms with Crippen molar-refractivity contribution in [3.05, 3.63) is 83.9 Å². The van der Waals surface area contributed by atoms with Crippen LogP contribution in [0.25, 0.3) is 22.3 Å². The fourth-order valence-corrected chi connectivity index (χ4v) is 3.29. The van der Waals surface area contributed by atoms with Crippen LogP contribution in [0.2, 0.25) is 0 Å². The minimum Gasteiger partial charge on any atom is -0.478 e. The molecule has 4 aromatic rings. The maximum Gasteiger partial charge on any atom is 0.335 e. The number of nitrogens with one attached hydrogen (secondary N) is 1. The molecule has 0 spiro atoms. The summed E-state index contributed by atoms with van der Waals surface area (Å²) in [5.74, 6) is 0.287. The molecule has 0 radical (unpaired) electrons. The van der Waals surface area contributed by atoms with Crippen LogP contribution in [0, 0.1) is 0 Å². The number of nitrogens with zero attached hydrogens (tertiary/aromatic N) is 2. The lowest BCUT2D eigenvalue weighted by Gasteiger charge is -2.19. The van der Waals surface area contributed by atoms with Crippen LogP contribution < -0.4 is 5.32 Å². The molecule has 0 aliphatic rings. The van der Waals surface area contributed by atoms with Gasteiger partial charge in [-0.1, -0.05) is 63.2 Å². The normalized spacial score (nSPS) is 11.4. The molecule has 0 aliphatic heterocycles. The van der Waals surface area contributed by atoms with Crippen molar-refractivity contribution >= 4 is 28.4 Å². The van der Waals surface area contributed by atoms with Gasteiger partial charge in [0.15, 0.2) is 5.82 Å². The van der Waals surface area contributed by atoms with Gasteiger partial charge in [0, 0.05) is 16.6 Å². The van der Waals surface area contributed by atoms with E-state index in [4.69, 9.17) is 9.97 Å². The molecular formula is C25H23N3O2. The van der Waals surface area contributed by atoms with Crippen LogP contribution in [-0.4, -0.2) is 21.0 Å². The van der Waals surface area contributed by atoms with Crippen molar-refractivity contribution in [3.63, 3.8) is 0 Å². The number of benzene rings is 3. The Morgan fingerprint density at radius 2 is 1.63 bits per heavy atom. The van der Waals surface area contributed by atoms with E-state index in [-0.39, 0.29) is 11.0 Å². The molecule has 0 atom stereocenters. The maximum absolute atomic E-state index is 11.3. The zero-order valence-electron chi connectivity index (χ0n) is 17.2. The molecular weight excluding hydrogens is 374 g/mol. The van der Waals surface area contributed by atoms with Crippen LogP contribution >= 0.6 is 0 Å². The lowest BCUT2D eigenvalue weighted by Crippen LogP contribution is -2.10. The van der Waals surface area contributed by atoms with Crippen LogP contribution in [0.1, 0.15) is 36.7 Å². The third kappa shape index (κ3) is 4.01. The number of fused-ring (bicyclic) bond motifs is 1. The van der Waals surface area contributed by atoms with E-state index in [0.717, 1.165) is 16.5 Å². The van der Waals surface area contributed by atoms with E-state index in [1.165, 1.54) is 5.56 Å². The second-order valence-electron chi connectivity index (χ2n) is 8.25. The molecule has 1 heterocycles. The number of carbonyl (C=O) groups is 1. The Bertz CT molecular complexity index is 1230. The Balaban J connectivity index is 1.78. The fraction of sp³-hybridized carbons (Fsp3) is 0.160. The molecule has 0 fully saturated rings. The van der Waals surface area contributed by atoms with Crippen LogP contribution in [0.3, 0.4) is 0 Å². The molecule has 0 saturated heterocycles. The number of carboxylic acid groups (broad SMARTS) is 1. The molecule has 5 heteroatoms. The molecule has 150 valence electrons. The summed E-state index contributed by atoms with van der Waals surface area (Å²) in [5.41, 5.74) is 3.94. The molecule has 0 unspecified atom stereocenters. The number of carboxylic acids is 1. The van der Waals surface area contributed by atoms with Gasteiger partial charge < -0.3 is 10.4 Å². The summed E-state index contributed by atoms with van der Waals surface area (Å²) >= 11 is 0. The van der Waals surface area contributed by atoms with Gasteiger partial charge in [-0.3, -0.25) is 0 Å². The van der Waals surface area contributed by atoms with Gasteiger partial charge in [0.1, 0.15) is 5.82 Å². The van der Waals surface area contributed by atoms with Gasteiger partial charge in [-0.15, -0.1) is 0 Å². The minimum atomic E-state index is -0.967. The molecule has 0 amide bonds. The summed E-state index contributed by atoms with van der Waals surface area (Å²) in [6.07, 6.45) is 0. The fourth-order valence-electron chi connectivity index (χ4n) is 3.29. The topological polar surface area (TPSA) is 75.1 Å². The van der Waals surface area contributed by atoms with E-state index in [1.54, 1.807) is 18.2 Å². The second-order valence-corrected chi connectivity index (χ2v) is 8.25. The van der Waals surface area contributed by atoms with Gasteiger partial charge >= 0.3 is 5.97 Å². The summed E-state index contributed by atoms with van der Waals surface area (Å²) in [4.78, 5) is 20.8. The predicted molar refractivity (Wildman–Crippen MR) is 120 cm³/mol. The van der Waals surface area contributed by atoms with Gasteiger partial charge in [-0.2, -0.15) is 0 Å². The monoisotopic (exact) mass is 397 g/mol. The Hall–Kier alpha value is -3.73. The maximum atomic E-state index is 11.3. The molecule has 0 saturated carbocycles. The van der Waals surface area contributed by atoms with Gasteiger partial charge in [0.2, 0.25) is 0 Å². The smallest absolute Gasteiger partial charge is 0.335 e. The van der Waals surface area contributed by atoms with E-state index < -0.39 is 5.97 Å². The number of anilines is 2. The quantitative estimate of drug-likeness (QED) is 0.439. The average Bonchev–Trinajstić information content (AvgIpc) is 2.73. The van der Waals surface area contributed by atoms with Crippen molar-refractivity contribution in [2.75, 3.05) is 5.32 Å². The van der Waals surface area contributed by atoms with Crippen molar-refractivity contribution in [3.8, 4) is 11.4 Å². The zero-order valence-corrected chi connectivity index (χ0v) is 17.2. The highest BCUT2D eigenvalue weighted by molar-refractivity contribution is 5.93. The van der Waals surface area contributed by atoms with Crippen molar-refractivity contribution in [1.82, 2.24) is 9.97 Å². The average molecular weight is 397 g/mol. The molecule has 30 heavy (non-hydrogen) atoms. The van der Waals surface area contributed by atoms with Crippen molar-refractivity contribution in [2.24, 2.45) is 0 Å². The SMILES string of the molecule is CC(C)(C)c1ccc(-c2nc(Nc3cccc(C(=O)O)c3)c3ccccc3n2)cc1. The standard InChI is InChI=1S/C25H23N3O2/c1-25(2,3)18-13-11-16(12-14-18)22-27-21-10-5-4-9-20(21)23(28-22)26-19-8-6-7-17(15-19)24(29)30/h4-15H,1-3H3,(H,29,30)(H,26,27,28). The second kappa shape index (κ2) is 7.59. The molecule has 4 rings (SSSR count). The first-order valence-electron chi connectivity index (χ1n) is 9.79. The van der Waals surface area contributed by atoms with Crippen molar-refractivity contribution in [2.45, 2.75) is 26.2 Å². The number of para-hydroxylation sites is 1. The summed E-state index contributed by atoms with van der Waals surface area (Å²) in [7, 11) is 0. The highest BCUT2D eigenvalue weighted by Gasteiger charge is 2.15. The first-order valence-corrected chi connectivity index (χ1v) is 9.79. The number of hydrogen-bond donors (Lipinski definition) is 2. The van der Waals surface area contributed by atoms with E-state index in [9.17, 15) is 9.90 Å². The predicted octanol–water partition coefficient (Wildman–Crippen LogP) is 6.04. The molecule has 2 N–H and O–H groups in total. The van der Waals surface area contributed by atoms with Gasteiger partial charge in [-0.05, 0) is 41.3 Å². The lowest BCUT2D eigenvalue weighted by atomic mass is 9.87. The van der Waals surface area contributed by atoms with E-state index in [0.29, 0.717) is 17.3 Å². The molecule has 5 nitrogen and oxygen atoms in total. The summed E-state index contributed by atoms with van der Waals surface area (Å²) in [6, 6.07) is 22.8. The van der Waals surface area contributed by atoms with Gasteiger partial charge in [-0.25, -0.2) is 14.8 Å². The highest BCUT2D eigenvalue weighted by atomic mass is 16.4. The van der Waals surface area contributed by atoms with Crippen LogP contribution in [-0.2, 0) is 5.41 Å². The third-order valence-corrected chi connectivity index (χ3v) is 4.98. The van der Waals surface area contributed by atoms with Crippen molar-refractivity contribution < 1.29 is 9.90 Å². The van der Waals surface area contributed by atoms with Crippen molar-refractivity contribution in [1.29, 1.82) is 0 Å². The number of hydrogen-bond acceptors (Lipinski definition) is 4. The highest BCUT2D eigenvalue weighted by Crippen LogP contribution is 2.29. The van der Waals surface area contributed by atoms with Gasteiger partial charge in [0.05, 0.1) is 11.1 Å². The Morgan fingerprint density at radius 1 is 0.900 bits per heavy atom. The minimum absolute atomic E-state index is 0.0741. The first kappa shape index (κ1) is 19.6. The zero-order chi connectivity index (χ0) is 21.3. The molecule has 3 aromatic carbocycles. The molecule has 1 aromatic heterocycles. The summed E-state index contributed by atoms with van der Waals surface area (Å²) in [5, 5.41) is 13.4. The lowest BCUT2D eigenvalue weighted by molar-refractivity contribution is 0.0697. The summed E-state index contributed by atoms with van der Waals surface area (Å²) < 4.78 is 0. The van der Waals surface area contributed by atoms with Crippen LogP contribution in [0.15, 0.2) is 72.8 Å². The number of aromatic carboxylic acids is 1. The summed E-state index contributed by atoms with van der Waals surface area (Å²) in [6.45, 7) is 6.55. The Labute approximate surface area is 175 Å². The molecule has 0 bridgehead atoms. The van der Waals surface area contributed by atoms with E-state index >= 15 is 0 Å². The Morgan fingerprint density at radius 3 is 2.33 bits per heavy atom. The van der Waals surface area contributed by atoms with Gasteiger partial charge in [0.25, 0.3) is 0 Å². The largest absolute Gasteiger partial charge is 0.478 e. The number of rotatable bonds is 4. The third-order valence-electron chi connectivity index (χ3n) is 4.98. The van der Waals surface area contributed by atoms with E-state index in [2.05, 4.69) is 38.2 Å². The number of aromatic nitrogens is 2. The Kier molecular flexibility index (Phi) is 4.96. The van der Waals surface area contributed by atoms with Crippen LogP contribution in [0.4, 0.5) is 11.5 Å². The molecule has 0 aliphatic carbocycles. The van der Waals surface area contributed by atoms with Crippen LogP contribution in [0.5, 0.6) is 0 Å².